The average molecular weight is 345 g/mol. The molecule has 0 bridgehead atoms. The second-order valence-corrected chi connectivity index (χ2v) is 7.55. The van der Waals surface area contributed by atoms with Crippen LogP contribution >= 0.6 is 0 Å². The molecule has 1 aromatic rings. The van der Waals surface area contributed by atoms with E-state index in [1.165, 1.54) is 0 Å². The highest BCUT2D eigenvalue weighted by Gasteiger charge is 2.41. The lowest BCUT2D eigenvalue weighted by Gasteiger charge is -2.47. The van der Waals surface area contributed by atoms with Gasteiger partial charge in [0.15, 0.2) is 5.43 Å². The van der Waals surface area contributed by atoms with Crippen LogP contribution in [-0.4, -0.2) is 39.9 Å². The zero-order valence-corrected chi connectivity index (χ0v) is 15.5. The maximum absolute atomic E-state index is 13.1. The van der Waals surface area contributed by atoms with E-state index in [-0.39, 0.29) is 34.9 Å². The Morgan fingerprint density at radius 2 is 1.96 bits per heavy atom. The summed E-state index contributed by atoms with van der Waals surface area (Å²) >= 11 is 0. The summed E-state index contributed by atoms with van der Waals surface area (Å²) in [6, 6.07) is 0.333. The summed E-state index contributed by atoms with van der Waals surface area (Å²) in [6.45, 7) is 8.99. The third-order valence-corrected chi connectivity index (χ3v) is 5.41. The van der Waals surface area contributed by atoms with Crippen molar-refractivity contribution in [2.75, 3.05) is 6.54 Å². The van der Waals surface area contributed by atoms with Gasteiger partial charge >= 0.3 is 0 Å². The van der Waals surface area contributed by atoms with Crippen LogP contribution in [0.2, 0.25) is 0 Å². The van der Waals surface area contributed by atoms with Gasteiger partial charge in [0.25, 0.3) is 11.8 Å². The Morgan fingerprint density at radius 1 is 1.28 bits per heavy atom. The summed E-state index contributed by atoms with van der Waals surface area (Å²) in [6.07, 6.45) is 4.42. The molecule has 1 N–H and O–H groups in total. The molecule has 1 fully saturated rings. The van der Waals surface area contributed by atoms with Gasteiger partial charge in [-0.1, -0.05) is 13.8 Å². The lowest BCUT2D eigenvalue weighted by atomic mass is 9.79. The van der Waals surface area contributed by atoms with Gasteiger partial charge in [0.2, 0.25) is 0 Å². The van der Waals surface area contributed by atoms with Gasteiger partial charge in [-0.25, -0.2) is 0 Å². The van der Waals surface area contributed by atoms with Gasteiger partial charge in [0.1, 0.15) is 11.3 Å². The molecule has 1 saturated carbocycles. The average Bonchev–Trinajstić information content (AvgIpc) is 2.53. The summed E-state index contributed by atoms with van der Waals surface area (Å²) in [7, 11) is 0. The van der Waals surface area contributed by atoms with E-state index in [0.717, 1.165) is 19.3 Å². The van der Waals surface area contributed by atoms with Crippen molar-refractivity contribution in [1.29, 1.82) is 0 Å². The predicted octanol–water partition coefficient (Wildman–Crippen LogP) is 1.94. The van der Waals surface area contributed by atoms with Crippen LogP contribution in [0.4, 0.5) is 0 Å². The molecule has 1 aliphatic carbocycles. The number of amides is 2. The van der Waals surface area contributed by atoms with Crippen molar-refractivity contribution in [1.82, 2.24) is 14.8 Å². The number of hydrogen-bond acceptors (Lipinski definition) is 3. The SMILES string of the molecule is CCCNC(=O)c1cn2c(c(C)c1=O)C(=O)N(C1CC(C)C1)C(C)C2. The Kier molecular flexibility index (Phi) is 4.71. The summed E-state index contributed by atoms with van der Waals surface area (Å²) in [5.74, 6) is 0.214. The van der Waals surface area contributed by atoms with E-state index in [1.54, 1.807) is 17.7 Å². The molecule has 6 nitrogen and oxygen atoms in total. The first-order valence-corrected chi connectivity index (χ1v) is 9.20. The molecule has 0 aromatic carbocycles. The van der Waals surface area contributed by atoms with Crippen molar-refractivity contribution in [3.8, 4) is 0 Å². The van der Waals surface area contributed by atoms with Gasteiger partial charge in [-0.15, -0.1) is 0 Å². The molecule has 25 heavy (non-hydrogen) atoms. The molecular weight excluding hydrogens is 318 g/mol. The first-order valence-electron chi connectivity index (χ1n) is 9.20. The molecule has 136 valence electrons. The monoisotopic (exact) mass is 345 g/mol. The Morgan fingerprint density at radius 3 is 2.56 bits per heavy atom. The Labute approximate surface area is 148 Å². The maximum atomic E-state index is 13.1. The molecule has 0 saturated heterocycles. The lowest BCUT2D eigenvalue weighted by molar-refractivity contribution is 0.0245. The zero-order chi connectivity index (χ0) is 18.3. The fourth-order valence-corrected chi connectivity index (χ4v) is 4.03. The minimum atomic E-state index is -0.361. The first-order chi connectivity index (χ1) is 11.8. The van der Waals surface area contributed by atoms with Crippen LogP contribution < -0.4 is 10.7 Å². The smallest absolute Gasteiger partial charge is 0.271 e. The fourth-order valence-electron chi connectivity index (χ4n) is 4.03. The zero-order valence-electron chi connectivity index (χ0n) is 15.5. The maximum Gasteiger partial charge on any atom is 0.271 e. The van der Waals surface area contributed by atoms with E-state index in [2.05, 4.69) is 12.2 Å². The van der Waals surface area contributed by atoms with Crippen LogP contribution in [0.1, 0.15) is 66.4 Å². The molecule has 2 heterocycles. The molecule has 1 aromatic heterocycles. The number of hydrogen-bond donors (Lipinski definition) is 1. The van der Waals surface area contributed by atoms with Gasteiger partial charge in [-0.2, -0.15) is 0 Å². The van der Waals surface area contributed by atoms with Crippen LogP contribution in [0, 0.1) is 12.8 Å². The van der Waals surface area contributed by atoms with Crippen LogP contribution in [0.3, 0.4) is 0 Å². The number of pyridine rings is 1. The molecule has 1 atom stereocenters. The highest BCUT2D eigenvalue weighted by Crippen LogP contribution is 2.35. The highest BCUT2D eigenvalue weighted by atomic mass is 16.2. The van der Waals surface area contributed by atoms with E-state index in [1.807, 2.05) is 18.7 Å². The number of nitrogens with zero attached hydrogens (tertiary/aromatic N) is 2. The van der Waals surface area contributed by atoms with Gasteiger partial charge in [0.05, 0.1) is 0 Å². The van der Waals surface area contributed by atoms with Crippen molar-refractivity contribution in [2.45, 2.75) is 65.6 Å². The number of fused-ring (bicyclic) bond motifs is 1. The number of carbonyl (C=O) groups is 2. The minimum absolute atomic E-state index is 0.0611. The number of aromatic nitrogens is 1. The lowest BCUT2D eigenvalue weighted by Crippen LogP contribution is -2.56. The van der Waals surface area contributed by atoms with Crippen LogP contribution in [-0.2, 0) is 6.54 Å². The van der Waals surface area contributed by atoms with Gasteiger partial charge in [0, 0.05) is 36.9 Å². The van der Waals surface area contributed by atoms with Crippen molar-refractivity contribution in [2.24, 2.45) is 5.92 Å². The molecule has 2 amide bonds. The molecule has 1 unspecified atom stereocenters. The molecule has 6 heteroatoms. The molecular formula is C19H27N3O3. The quantitative estimate of drug-likeness (QED) is 0.906. The highest BCUT2D eigenvalue weighted by molar-refractivity contribution is 5.98. The standard InChI is InChI=1S/C19H27N3O3/c1-5-6-20-18(24)15-10-21-9-12(3)22(14-7-11(2)8-14)19(25)16(21)13(4)17(15)23/h10-12,14H,5-9H2,1-4H3,(H,20,24). The topological polar surface area (TPSA) is 71.4 Å². The van der Waals surface area contributed by atoms with Crippen LogP contribution in [0.15, 0.2) is 11.0 Å². The molecule has 3 rings (SSSR count). The third-order valence-electron chi connectivity index (χ3n) is 5.41. The largest absolute Gasteiger partial charge is 0.352 e. The third kappa shape index (κ3) is 2.98. The second kappa shape index (κ2) is 6.65. The van der Waals surface area contributed by atoms with Crippen LogP contribution in [0.25, 0.3) is 0 Å². The van der Waals surface area contributed by atoms with E-state index in [4.69, 9.17) is 0 Å². The van der Waals surface area contributed by atoms with E-state index < -0.39 is 0 Å². The first kappa shape index (κ1) is 17.7. The number of nitrogens with one attached hydrogen (secondary N) is 1. The van der Waals surface area contributed by atoms with E-state index >= 15 is 0 Å². The van der Waals surface area contributed by atoms with Crippen molar-refractivity contribution < 1.29 is 9.59 Å². The van der Waals surface area contributed by atoms with Crippen molar-refractivity contribution >= 4 is 11.8 Å². The van der Waals surface area contributed by atoms with E-state index in [9.17, 15) is 14.4 Å². The normalized spacial score (nSPS) is 25.4. The minimum Gasteiger partial charge on any atom is -0.352 e. The molecule has 2 aliphatic rings. The second-order valence-electron chi connectivity index (χ2n) is 7.55. The van der Waals surface area contributed by atoms with Crippen LogP contribution in [0.5, 0.6) is 0 Å². The van der Waals surface area contributed by atoms with Crippen molar-refractivity contribution in [3.63, 3.8) is 0 Å². The number of carbonyl (C=O) groups excluding carboxylic acids is 2. The molecule has 0 radical (unpaired) electrons. The number of rotatable bonds is 4. The van der Waals surface area contributed by atoms with Gasteiger partial charge in [-0.3, -0.25) is 14.4 Å². The Bertz CT molecular complexity index is 762. The summed E-state index contributed by atoms with van der Waals surface area (Å²) < 4.78 is 1.79. The summed E-state index contributed by atoms with van der Waals surface area (Å²) in [4.78, 5) is 39.9. The predicted molar refractivity (Wildman–Crippen MR) is 95.9 cm³/mol. The Balaban J connectivity index is 1.97. The Hall–Kier alpha value is -2.11. The van der Waals surface area contributed by atoms with E-state index in [0.29, 0.717) is 30.3 Å². The summed E-state index contributed by atoms with van der Waals surface area (Å²) in [5.41, 5.74) is 0.596. The fraction of sp³-hybridized carbons (Fsp3) is 0.632. The van der Waals surface area contributed by atoms with Gasteiger partial charge < -0.3 is 14.8 Å². The summed E-state index contributed by atoms with van der Waals surface area (Å²) in [5, 5.41) is 2.75. The molecule has 0 spiro atoms. The van der Waals surface area contributed by atoms with Gasteiger partial charge in [-0.05, 0) is 39.0 Å². The molecule has 1 aliphatic heterocycles. The van der Waals surface area contributed by atoms with Crippen molar-refractivity contribution in [3.05, 3.63) is 33.2 Å².